The zero-order valence-electron chi connectivity index (χ0n) is 17.3. The number of nitrogens with zero attached hydrogens (tertiary/aromatic N) is 3. The van der Waals surface area contributed by atoms with Crippen molar-refractivity contribution in [2.24, 2.45) is 0 Å². The fraction of sp³-hybridized carbons (Fsp3) is 0.208. The Bertz CT molecular complexity index is 1170. The van der Waals surface area contributed by atoms with Crippen molar-refractivity contribution in [3.8, 4) is 23.1 Å². The van der Waals surface area contributed by atoms with E-state index in [1.807, 2.05) is 24.3 Å². The van der Waals surface area contributed by atoms with E-state index in [0.29, 0.717) is 11.6 Å². The smallest absolute Gasteiger partial charge is 0.252 e. The minimum absolute atomic E-state index is 0.0896. The van der Waals surface area contributed by atoms with Crippen molar-refractivity contribution in [1.29, 1.82) is 0 Å². The van der Waals surface area contributed by atoms with Crippen LogP contribution in [0.1, 0.15) is 36.4 Å². The molecule has 4 rings (SSSR count). The highest BCUT2D eigenvalue weighted by Crippen LogP contribution is 2.33. The van der Waals surface area contributed by atoms with Gasteiger partial charge in [-0.25, -0.2) is 9.37 Å². The van der Waals surface area contributed by atoms with Crippen molar-refractivity contribution >= 4 is 0 Å². The van der Waals surface area contributed by atoms with Crippen molar-refractivity contribution in [2.45, 2.75) is 33.1 Å². The normalized spacial score (nSPS) is 11.5. The summed E-state index contributed by atoms with van der Waals surface area (Å²) in [4.78, 5) is 4.16. The molecule has 5 nitrogen and oxygen atoms in total. The Morgan fingerprint density at radius 3 is 2.10 bits per heavy atom. The molecule has 0 aliphatic carbocycles. The van der Waals surface area contributed by atoms with Gasteiger partial charge < -0.3 is 9.15 Å². The fourth-order valence-corrected chi connectivity index (χ4v) is 3.23. The number of pyridine rings is 1. The van der Waals surface area contributed by atoms with Gasteiger partial charge in [0.25, 0.3) is 5.89 Å². The first-order chi connectivity index (χ1) is 14.3. The van der Waals surface area contributed by atoms with Gasteiger partial charge in [-0.3, -0.25) is 0 Å². The molecule has 2 aromatic carbocycles. The molecule has 0 amide bonds. The minimum atomic E-state index is -0.541. The van der Waals surface area contributed by atoms with Gasteiger partial charge in [0.05, 0.1) is 5.56 Å². The number of rotatable bonds is 5. The zero-order valence-corrected chi connectivity index (χ0v) is 17.3. The summed E-state index contributed by atoms with van der Waals surface area (Å²) in [5.41, 5.74) is 3.61. The Balaban J connectivity index is 1.52. The van der Waals surface area contributed by atoms with E-state index in [4.69, 9.17) is 9.15 Å². The molecule has 0 bridgehead atoms. The SMILES string of the molecule is Cc1ccc(C(C)(C)c2ccc(Oc3cc(F)c(-c4nnc(C)o4)cn3)cc2)cc1. The van der Waals surface area contributed by atoms with E-state index in [1.54, 1.807) is 6.92 Å². The van der Waals surface area contributed by atoms with Gasteiger partial charge in [0, 0.05) is 24.6 Å². The third-order valence-corrected chi connectivity index (χ3v) is 5.16. The summed E-state index contributed by atoms with van der Waals surface area (Å²) >= 11 is 0. The van der Waals surface area contributed by atoms with Gasteiger partial charge >= 0.3 is 0 Å². The molecule has 2 aromatic heterocycles. The van der Waals surface area contributed by atoms with Crippen LogP contribution in [0.25, 0.3) is 11.5 Å². The number of hydrogen-bond acceptors (Lipinski definition) is 5. The second-order valence-electron chi connectivity index (χ2n) is 7.75. The first-order valence-electron chi connectivity index (χ1n) is 9.64. The van der Waals surface area contributed by atoms with Gasteiger partial charge in [-0.15, -0.1) is 10.2 Å². The van der Waals surface area contributed by atoms with E-state index >= 15 is 0 Å². The molecular formula is C24H22FN3O2. The molecule has 2 heterocycles. The van der Waals surface area contributed by atoms with Crippen LogP contribution >= 0.6 is 0 Å². The lowest BCUT2D eigenvalue weighted by atomic mass is 9.78. The second kappa shape index (κ2) is 7.71. The van der Waals surface area contributed by atoms with E-state index in [9.17, 15) is 4.39 Å². The zero-order chi connectivity index (χ0) is 21.3. The van der Waals surface area contributed by atoms with Crippen LogP contribution in [0.3, 0.4) is 0 Å². The summed E-state index contributed by atoms with van der Waals surface area (Å²) in [7, 11) is 0. The molecule has 0 N–H and O–H groups in total. The van der Waals surface area contributed by atoms with Gasteiger partial charge in [-0.05, 0) is 30.2 Å². The van der Waals surface area contributed by atoms with E-state index in [-0.39, 0.29) is 22.7 Å². The lowest BCUT2D eigenvalue weighted by Gasteiger charge is -2.26. The highest BCUT2D eigenvalue weighted by Gasteiger charge is 2.23. The molecule has 0 aliphatic rings. The summed E-state index contributed by atoms with van der Waals surface area (Å²) in [5.74, 6) is 0.635. The molecule has 0 unspecified atom stereocenters. The first kappa shape index (κ1) is 19.8. The summed E-state index contributed by atoms with van der Waals surface area (Å²) in [5, 5.41) is 7.52. The van der Waals surface area contributed by atoms with Crippen LogP contribution in [0.4, 0.5) is 4.39 Å². The van der Waals surface area contributed by atoms with Crippen molar-refractivity contribution in [3.63, 3.8) is 0 Å². The predicted molar refractivity (Wildman–Crippen MR) is 112 cm³/mol. The Morgan fingerprint density at radius 1 is 0.900 bits per heavy atom. The predicted octanol–water partition coefficient (Wildman–Crippen LogP) is 6.01. The molecule has 0 aliphatic heterocycles. The molecule has 0 saturated heterocycles. The van der Waals surface area contributed by atoms with Gasteiger partial charge in [-0.1, -0.05) is 55.8 Å². The lowest BCUT2D eigenvalue weighted by molar-refractivity contribution is 0.455. The van der Waals surface area contributed by atoms with Gasteiger partial charge in [0.1, 0.15) is 11.6 Å². The van der Waals surface area contributed by atoms with Gasteiger partial charge in [0.2, 0.25) is 11.8 Å². The van der Waals surface area contributed by atoms with Crippen molar-refractivity contribution < 1.29 is 13.5 Å². The molecule has 0 radical (unpaired) electrons. The Labute approximate surface area is 174 Å². The van der Waals surface area contributed by atoms with E-state index in [1.165, 1.54) is 23.4 Å². The van der Waals surface area contributed by atoms with Crippen molar-refractivity contribution in [2.75, 3.05) is 0 Å². The number of aryl methyl sites for hydroxylation is 2. The van der Waals surface area contributed by atoms with Crippen molar-refractivity contribution in [3.05, 3.63) is 89.2 Å². The molecule has 6 heteroatoms. The average molecular weight is 403 g/mol. The van der Waals surface area contributed by atoms with Crippen LogP contribution < -0.4 is 4.74 Å². The molecule has 4 aromatic rings. The minimum Gasteiger partial charge on any atom is -0.439 e. The number of aromatic nitrogens is 3. The van der Waals surface area contributed by atoms with Crippen LogP contribution in [0.15, 0.2) is 65.2 Å². The quantitative estimate of drug-likeness (QED) is 0.409. The lowest BCUT2D eigenvalue weighted by Crippen LogP contribution is -2.18. The maximum Gasteiger partial charge on any atom is 0.252 e. The molecule has 0 saturated carbocycles. The average Bonchev–Trinajstić information content (AvgIpc) is 3.15. The van der Waals surface area contributed by atoms with Crippen LogP contribution in [-0.4, -0.2) is 15.2 Å². The van der Waals surface area contributed by atoms with Crippen LogP contribution in [0.5, 0.6) is 11.6 Å². The van der Waals surface area contributed by atoms with E-state index in [2.05, 4.69) is 60.2 Å². The summed E-state index contributed by atoms with van der Waals surface area (Å²) in [6.07, 6.45) is 1.33. The Kier molecular flexibility index (Phi) is 5.08. The maximum absolute atomic E-state index is 14.4. The third kappa shape index (κ3) is 3.94. The monoisotopic (exact) mass is 403 g/mol. The number of benzene rings is 2. The number of halogens is 1. The van der Waals surface area contributed by atoms with Crippen LogP contribution in [-0.2, 0) is 5.41 Å². The summed E-state index contributed by atoms with van der Waals surface area (Å²) in [6, 6.07) is 17.5. The fourth-order valence-electron chi connectivity index (χ4n) is 3.23. The van der Waals surface area contributed by atoms with E-state index in [0.717, 1.165) is 5.56 Å². The Morgan fingerprint density at radius 2 is 1.53 bits per heavy atom. The van der Waals surface area contributed by atoms with Gasteiger partial charge in [-0.2, -0.15) is 0 Å². The van der Waals surface area contributed by atoms with E-state index < -0.39 is 5.82 Å². The molecule has 30 heavy (non-hydrogen) atoms. The molecule has 152 valence electrons. The largest absolute Gasteiger partial charge is 0.439 e. The highest BCUT2D eigenvalue weighted by atomic mass is 19.1. The summed E-state index contributed by atoms with van der Waals surface area (Å²) in [6.45, 7) is 8.09. The number of hydrogen-bond donors (Lipinski definition) is 0. The molecular weight excluding hydrogens is 381 g/mol. The van der Waals surface area contributed by atoms with Crippen molar-refractivity contribution in [1.82, 2.24) is 15.2 Å². The maximum atomic E-state index is 14.4. The molecule has 0 fully saturated rings. The number of ether oxygens (including phenoxy) is 1. The molecule has 0 atom stereocenters. The standard InChI is InChI=1S/C24H22FN3O2/c1-15-5-7-17(8-6-15)24(3,4)18-9-11-19(12-10-18)30-22-13-21(25)20(14-26-22)23-28-27-16(2)29-23/h5-14H,1-4H3. The third-order valence-electron chi connectivity index (χ3n) is 5.16. The first-order valence-corrected chi connectivity index (χ1v) is 9.64. The Hall–Kier alpha value is -3.54. The second-order valence-corrected chi connectivity index (χ2v) is 7.75. The topological polar surface area (TPSA) is 61.0 Å². The van der Waals surface area contributed by atoms with Gasteiger partial charge in [0.15, 0.2) is 0 Å². The highest BCUT2D eigenvalue weighted by molar-refractivity contribution is 5.53. The van der Waals surface area contributed by atoms with Crippen LogP contribution in [0.2, 0.25) is 0 Å². The van der Waals surface area contributed by atoms with Crippen LogP contribution in [0, 0.1) is 19.7 Å². The molecule has 0 spiro atoms. The summed E-state index contributed by atoms with van der Waals surface area (Å²) < 4.78 is 25.4.